The first-order chi connectivity index (χ1) is 42.4. The monoisotopic (exact) mass is 1290 g/mol. The van der Waals surface area contributed by atoms with Crippen molar-refractivity contribution in [1.29, 1.82) is 0 Å². The topological polar surface area (TPSA) is 451 Å². The van der Waals surface area contributed by atoms with Crippen LogP contribution in [0, 0.1) is 5.92 Å². The molecule has 1 fully saturated rings. The highest BCUT2D eigenvalue weighted by Gasteiger charge is 2.47. The molecule has 7 amide bonds. The molecule has 0 radical (unpaired) electrons. The Morgan fingerprint density at radius 3 is 1.93 bits per heavy atom. The molecule has 5 aromatic carbocycles. The molecule has 0 saturated carbocycles. The summed E-state index contributed by atoms with van der Waals surface area (Å²) in [5.74, 6) is -15.1. The predicted octanol–water partition coefficient (Wildman–Crippen LogP) is 2.63. The van der Waals surface area contributed by atoms with Gasteiger partial charge in [0.25, 0.3) is 0 Å². The fourth-order valence-corrected chi connectivity index (χ4v) is 11.6. The highest BCUT2D eigenvalue weighted by Crippen LogP contribution is 2.48. The molecule has 90 heavy (non-hydrogen) atoms. The molecule has 0 unspecified atom stereocenters. The summed E-state index contributed by atoms with van der Waals surface area (Å²) in [6, 6.07) is 0.804. The molecule has 11 bridgehead atoms. The van der Waals surface area contributed by atoms with Gasteiger partial charge in [-0.15, -0.1) is 0 Å². The number of phenols is 4. The summed E-state index contributed by atoms with van der Waals surface area (Å²) in [6.45, 7) is 6.67. The zero-order valence-electron chi connectivity index (χ0n) is 48.6. The van der Waals surface area contributed by atoms with Gasteiger partial charge in [-0.3, -0.25) is 33.6 Å². The lowest BCUT2D eigenvalue weighted by Crippen LogP contribution is -2.61. The molecule has 18 N–H and O–H groups in total. The Morgan fingerprint density at radius 1 is 0.733 bits per heavy atom. The quantitative estimate of drug-likeness (QED) is 0.0955. The molecule has 11 rings (SSSR count). The minimum atomic E-state index is -2.22. The van der Waals surface area contributed by atoms with Crippen LogP contribution in [0.5, 0.6) is 46.0 Å². The number of carboxylic acid groups (broad SMARTS) is 1. The van der Waals surface area contributed by atoms with Crippen LogP contribution in [0.25, 0.3) is 11.1 Å². The van der Waals surface area contributed by atoms with Gasteiger partial charge in [0.05, 0.1) is 34.7 Å². The Hall–Kier alpha value is -9.00. The number of nitrogens with one attached hydrogen (secondary N) is 7. The number of nitrogens with two attached hydrogens (primary N) is 2. The van der Waals surface area contributed by atoms with E-state index < -0.39 is 183 Å². The molecule has 0 spiro atoms. The lowest BCUT2D eigenvalue weighted by molar-refractivity contribution is -0.255. The number of hydrogen-bond donors (Lipinski definition) is 16. The number of phenolic OH excluding ortho intramolecular Hbond substituents is 4. The van der Waals surface area contributed by atoms with Gasteiger partial charge in [0.15, 0.2) is 23.8 Å². The van der Waals surface area contributed by atoms with E-state index in [1.54, 1.807) is 0 Å². The van der Waals surface area contributed by atoms with Gasteiger partial charge < -0.3 is 103 Å². The van der Waals surface area contributed by atoms with Crippen molar-refractivity contribution < 1.29 is 93.0 Å². The van der Waals surface area contributed by atoms with Crippen molar-refractivity contribution in [3.63, 3.8) is 0 Å². The van der Waals surface area contributed by atoms with Crippen LogP contribution >= 0.6 is 23.2 Å². The van der Waals surface area contributed by atoms with Crippen molar-refractivity contribution in [3.8, 4) is 57.1 Å². The number of halogens is 2. The summed E-state index contributed by atoms with van der Waals surface area (Å²) in [5.41, 5.74) is 8.57. The number of carbonyl (C=O) groups is 8. The second kappa shape index (κ2) is 26.2. The number of rotatable bonds is 10. The van der Waals surface area contributed by atoms with Crippen molar-refractivity contribution in [2.45, 2.75) is 125 Å². The highest BCUT2D eigenvalue weighted by molar-refractivity contribution is 6.32. The summed E-state index contributed by atoms with van der Waals surface area (Å²) in [4.78, 5) is 116. The number of carboxylic acids is 1. The Balaban J connectivity index is 1.29. The smallest absolute Gasteiger partial charge is 0.330 e. The number of aliphatic hydroxyl groups is 2. The van der Waals surface area contributed by atoms with Crippen molar-refractivity contribution >= 4 is 70.5 Å². The van der Waals surface area contributed by atoms with Crippen LogP contribution in [-0.4, -0.2) is 138 Å². The van der Waals surface area contributed by atoms with Gasteiger partial charge in [-0.25, -0.2) is 4.79 Å². The van der Waals surface area contributed by atoms with E-state index in [1.807, 2.05) is 13.8 Å². The first kappa shape index (κ1) is 65.4. The largest absolute Gasteiger partial charge is 0.508 e. The number of aromatic hydroxyl groups is 4. The molecular formula is C60H65Cl2N9O19. The number of fused-ring (bicyclic) bond motifs is 15. The summed E-state index contributed by atoms with van der Waals surface area (Å²) in [6.07, 6.45) is -8.53. The number of hydrogen-bond acceptors (Lipinski definition) is 20. The number of amides is 7. The van der Waals surface area contributed by atoms with E-state index in [2.05, 4.69) is 37.2 Å². The van der Waals surface area contributed by atoms with E-state index in [9.17, 15) is 54.9 Å². The molecule has 6 aliphatic rings. The molecule has 28 nitrogen and oxygen atoms in total. The maximum Gasteiger partial charge on any atom is 0.330 e. The molecule has 1 saturated heterocycles. The number of likely N-dealkylation sites (N-methyl/N-ethyl adjacent to an activating group) is 1. The Bertz CT molecular complexity index is 3720. The van der Waals surface area contributed by atoms with Crippen LogP contribution in [0.1, 0.15) is 105 Å². The van der Waals surface area contributed by atoms with Gasteiger partial charge in [0.2, 0.25) is 47.1 Å². The van der Waals surface area contributed by atoms with Crippen LogP contribution in [0.4, 0.5) is 0 Å². The molecule has 5 aromatic rings. The Kier molecular flexibility index (Phi) is 19.1. The molecule has 0 aromatic heterocycles. The highest BCUT2D eigenvalue weighted by atomic mass is 35.5. The molecule has 13 atom stereocenters. The Labute approximate surface area is 522 Å². The number of benzene rings is 5. The van der Waals surface area contributed by atoms with Crippen LogP contribution in [0.15, 0.2) is 78.9 Å². The second-order valence-electron chi connectivity index (χ2n) is 22.9. The van der Waals surface area contributed by atoms with Crippen LogP contribution < -0.4 is 58.2 Å². The van der Waals surface area contributed by atoms with Crippen molar-refractivity contribution in [2.75, 3.05) is 7.05 Å². The minimum absolute atomic E-state index is 0.0478. The van der Waals surface area contributed by atoms with Gasteiger partial charge in [0.1, 0.15) is 71.2 Å². The molecule has 0 aliphatic carbocycles. The predicted molar refractivity (Wildman–Crippen MR) is 317 cm³/mol. The summed E-state index contributed by atoms with van der Waals surface area (Å²) >= 11 is 13.9. The first-order valence-electron chi connectivity index (χ1n) is 28.1. The third-order valence-electron chi connectivity index (χ3n) is 15.7. The SMILES string of the molecule is CN[C@H](CC(C)C)C(=O)N[C@H]1C(=O)N[C@@H](CC(N)=O)C(=O)N[C@@H]2C(=O)N[C@H]3C(=O)N[C@H](C(=O)N[C@H](C(=O)O)c4cc(O)cc(O)c4-c4cc3ccc4O)[C@@H](O[C@H]3C[C@@](C)(N)[C@@H](O)[C@H](C)O3)c3ccc(c(Cl)c3)Oc3cc2cc(c3O)Oc2ccc(cc2Cl)[C@@H]1O. The minimum Gasteiger partial charge on any atom is -0.508 e. The van der Waals surface area contributed by atoms with E-state index in [1.165, 1.54) is 57.3 Å². The second-order valence-corrected chi connectivity index (χ2v) is 23.7. The molecule has 30 heteroatoms. The molecule has 6 aliphatic heterocycles. The van der Waals surface area contributed by atoms with E-state index >= 15 is 19.2 Å². The van der Waals surface area contributed by atoms with Crippen molar-refractivity contribution in [3.05, 3.63) is 117 Å². The van der Waals surface area contributed by atoms with Gasteiger partial charge in [-0.05, 0) is 110 Å². The van der Waals surface area contributed by atoms with Crippen molar-refractivity contribution in [1.82, 2.24) is 37.2 Å². The number of primary amides is 1. The summed E-state index contributed by atoms with van der Waals surface area (Å²) in [5, 5.41) is 97.0. The average Bonchev–Trinajstić information content (AvgIpc) is 0.826. The first-order valence-corrected chi connectivity index (χ1v) is 28.9. The van der Waals surface area contributed by atoms with Gasteiger partial charge in [-0.2, -0.15) is 0 Å². The van der Waals surface area contributed by atoms with Crippen molar-refractivity contribution in [2.24, 2.45) is 17.4 Å². The van der Waals surface area contributed by atoms with E-state index in [0.717, 1.165) is 42.5 Å². The van der Waals surface area contributed by atoms with E-state index in [4.69, 9.17) is 53.6 Å². The van der Waals surface area contributed by atoms with E-state index in [-0.39, 0.29) is 62.6 Å². The number of carbonyl (C=O) groups excluding carboxylic acids is 7. The van der Waals surface area contributed by atoms with Gasteiger partial charge >= 0.3 is 5.97 Å². The zero-order chi connectivity index (χ0) is 65.5. The summed E-state index contributed by atoms with van der Waals surface area (Å²) < 4.78 is 25.1. The molecule has 6 heterocycles. The fraction of sp³-hybridized carbons (Fsp3) is 0.367. The fourth-order valence-electron chi connectivity index (χ4n) is 11.1. The normalized spacial score (nSPS) is 26.4. The van der Waals surface area contributed by atoms with Crippen LogP contribution in [0.2, 0.25) is 10.0 Å². The third-order valence-corrected chi connectivity index (χ3v) is 16.3. The lowest BCUT2D eigenvalue weighted by atomic mass is 9.86. The number of ether oxygens (including phenoxy) is 4. The standard InChI is InChI=1S/C60H65Cl2N9O19/c1-22(2)12-33(65-5)53(79)70-47-49(76)25-7-10-37(31(61)14-25)88-39-16-27-17-40(50(39)77)89-38-11-8-26(15-32(38)62)51(90-42-21-60(4,64)52(78)23(3)87-42)48-58(84)69-46(59(85)86)30-18-28(72)19-36(74)43(30)29-13-24(6-9-35(29)73)44(55(81)71-48)68-56(82)45(27)67-54(80)34(20-41(63)75)66-57(47)83/h6-11,13-19,22-23,33-34,42,44-49,51-52,65,72-74,76-78H,12,20-21,64H2,1-5H3,(H2,63,75)(H,66,83)(H,67,80)(H,68,82)(H,69,84)(H,70,79)(H,71,81)(H,85,86)/t23-,33+,34-,42-,44+,45-,46-,47+,48-,49-,51-,52-,60+/m0/s1. The van der Waals surface area contributed by atoms with Gasteiger partial charge in [-0.1, -0.05) is 55.2 Å². The molecular weight excluding hydrogens is 1220 g/mol. The Morgan fingerprint density at radius 2 is 1.33 bits per heavy atom. The van der Waals surface area contributed by atoms with E-state index in [0.29, 0.717) is 0 Å². The van der Waals surface area contributed by atoms with Gasteiger partial charge in [0, 0.05) is 34.7 Å². The lowest BCUT2D eigenvalue weighted by Gasteiger charge is -2.44. The zero-order valence-corrected chi connectivity index (χ0v) is 50.1. The third kappa shape index (κ3) is 13.7. The number of aliphatic carboxylic acids is 1. The average molecular weight is 1290 g/mol. The molecule has 478 valence electrons. The maximum absolute atomic E-state index is 15.7. The van der Waals surface area contributed by atoms with Crippen LogP contribution in [-0.2, 0) is 47.8 Å². The van der Waals surface area contributed by atoms with Crippen LogP contribution in [0.3, 0.4) is 0 Å². The maximum atomic E-state index is 15.7. The number of aliphatic hydroxyl groups excluding tert-OH is 2. The summed E-state index contributed by atoms with van der Waals surface area (Å²) in [7, 11) is 1.50.